The molecule has 0 rings (SSSR count). The second kappa shape index (κ2) is 4.87. The van der Waals surface area contributed by atoms with Crippen LogP contribution in [0.15, 0.2) is 12.3 Å². The fraction of sp³-hybridized carbons (Fsp3) is 0.800. The van der Waals surface area contributed by atoms with Crippen LogP contribution in [-0.2, 0) is 4.29 Å². The zero-order chi connectivity index (χ0) is 10.6. The minimum absolute atomic E-state index is 0.0518. The standard InChI is InChI=1S/C10H20ClNO/c1-7(2)12-9(8(3)13-11)10(4,5)6/h7,9,12H,3H2,1-2,4-6H3. The molecule has 78 valence electrons. The van der Waals surface area contributed by atoms with Crippen molar-refractivity contribution in [3.63, 3.8) is 0 Å². The van der Waals surface area contributed by atoms with Crippen LogP contribution in [0.1, 0.15) is 34.6 Å². The summed E-state index contributed by atoms with van der Waals surface area (Å²) >= 11 is 5.30. The first kappa shape index (κ1) is 12.8. The molecule has 0 saturated heterocycles. The van der Waals surface area contributed by atoms with E-state index in [4.69, 9.17) is 11.9 Å². The van der Waals surface area contributed by atoms with Crippen LogP contribution in [0.5, 0.6) is 0 Å². The first-order chi connectivity index (χ1) is 5.79. The van der Waals surface area contributed by atoms with Gasteiger partial charge in [-0.15, -0.1) is 0 Å². The lowest BCUT2D eigenvalue weighted by atomic mass is 9.85. The van der Waals surface area contributed by atoms with Crippen LogP contribution >= 0.6 is 11.9 Å². The van der Waals surface area contributed by atoms with E-state index in [0.29, 0.717) is 11.8 Å². The van der Waals surface area contributed by atoms with Crippen molar-refractivity contribution in [1.82, 2.24) is 5.32 Å². The van der Waals surface area contributed by atoms with Crippen molar-refractivity contribution in [3.05, 3.63) is 12.3 Å². The summed E-state index contributed by atoms with van der Waals surface area (Å²) in [5.74, 6) is 0.572. The third kappa shape index (κ3) is 4.53. The van der Waals surface area contributed by atoms with E-state index in [1.54, 1.807) is 0 Å². The van der Waals surface area contributed by atoms with Gasteiger partial charge in [-0.2, -0.15) is 0 Å². The molecule has 0 bridgehead atoms. The summed E-state index contributed by atoms with van der Waals surface area (Å²) in [6, 6.07) is 0.456. The average molecular weight is 206 g/mol. The van der Waals surface area contributed by atoms with Gasteiger partial charge in [-0.25, -0.2) is 0 Å². The highest BCUT2D eigenvalue weighted by atomic mass is 35.5. The second-order valence-electron chi connectivity index (χ2n) is 4.66. The molecule has 0 aliphatic rings. The third-order valence-electron chi connectivity index (χ3n) is 1.79. The van der Waals surface area contributed by atoms with Crippen molar-refractivity contribution >= 4 is 11.9 Å². The Labute approximate surface area is 86.5 Å². The summed E-state index contributed by atoms with van der Waals surface area (Å²) in [5.41, 5.74) is 0.0518. The molecule has 0 saturated carbocycles. The van der Waals surface area contributed by atoms with Crippen LogP contribution in [0.25, 0.3) is 0 Å². The number of nitrogens with one attached hydrogen (secondary N) is 1. The summed E-state index contributed by atoms with van der Waals surface area (Å²) in [5, 5.41) is 3.36. The molecule has 0 heterocycles. The molecular formula is C10H20ClNO. The van der Waals surface area contributed by atoms with Gasteiger partial charge in [0.25, 0.3) is 0 Å². The lowest BCUT2D eigenvalue weighted by Crippen LogP contribution is -2.45. The van der Waals surface area contributed by atoms with Gasteiger partial charge in [-0.05, 0) is 5.41 Å². The molecule has 0 aliphatic heterocycles. The SMILES string of the molecule is C=C(OCl)C(NC(C)C)C(C)(C)C. The van der Waals surface area contributed by atoms with Gasteiger partial charge < -0.3 is 9.61 Å². The van der Waals surface area contributed by atoms with Crippen molar-refractivity contribution < 1.29 is 4.29 Å². The molecule has 0 aromatic heterocycles. The Kier molecular flexibility index (Phi) is 4.79. The van der Waals surface area contributed by atoms with Crippen molar-refractivity contribution in [2.45, 2.75) is 46.7 Å². The Balaban J connectivity index is 4.47. The lowest BCUT2D eigenvalue weighted by molar-refractivity contribution is 0.233. The number of rotatable bonds is 4. The van der Waals surface area contributed by atoms with Gasteiger partial charge in [0, 0.05) is 6.04 Å². The zero-order valence-corrected chi connectivity index (χ0v) is 9.90. The minimum Gasteiger partial charge on any atom is -0.389 e. The van der Waals surface area contributed by atoms with E-state index in [1.807, 2.05) is 0 Å². The quantitative estimate of drug-likeness (QED) is 0.713. The molecule has 2 nitrogen and oxygen atoms in total. The topological polar surface area (TPSA) is 21.3 Å². The first-order valence-electron chi connectivity index (χ1n) is 4.52. The van der Waals surface area contributed by atoms with Crippen LogP contribution in [0, 0.1) is 5.41 Å². The molecule has 3 heteroatoms. The molecule has 0 fully saturated rings. The van der Waals surface area contributed by atoms with Crippen molar-refractivity contribution in [2.75, 3.05) is 0 Å². The van der Waals surface area contributed by atoms with Gasteiger partial charge in [0.1, 0.15) is 17.6 Å². The molecule has 0 amide bonds. The maximum atomic E-state index is 5.30. The number of halogens is 1. The number of hydrogen-bond acceptors (Lipinski definition) is 2. The highest BCUT2D eigenvalue weighted by Crippen LogP contribution is 2.25. The molecule has 0 aromatic carbocycles. The normalized spacial score (nSPS) is 14.4. The van der Waals surface area contributed by atoms with E-state index in [9.17, 15) is 0 Å². The highest BCUT2D eigenvalue weighted by molar-refractivity contribution is 6.08. The Morgan fingerprint density at radius 2 is 1.85 bits per heavy atom. The molecule has 0 radical (unpaired) electrons. The van der Waals surface area contributed by atoms with E-state index in [2.05, 4.69) is 50.8 Å². The third-order valence-corrected chi connectivity index (χ3v) is 1.99. The van der Waals surface area contributed by atoms with Crippen LogP contribution in [0.3, 0.4) is 0 Å². The number of hydrogen-bond donors (Lipinski definition) is 1. The van der Waals surface area contributed by atoms with Gasteiger partial charge >= 0.3 is 0 Å². The van der Waals surface area contributed by atoms with Crippen molar-refractivity contribution in [2.24, 2.45) is 5.41 Å². The van der Waals surface area contributed by atoms with Crippen molar-refractivity contribution in [1.29, 1.82) is 0 Å². The predicted octanol–water partition coefficient (Wildman–Crippen LogP) is 3.08. The van der Waals surface area contributed by atoms with Crippen LogP contribution in [0.2, 0.25) is 0 Å². The van der Waals surface area contributed by atoms with Gasteiger partial charge in [0.15, 0.2) is 0 Å². The van der Waals surface area contributed by atoms with E-state index < -0.39 is 0 Å². The summed E-state index contributed by atoms with van der Waals surface area (Å²) in [7, 11) is 0. The molecule has 1 atom stereocenters. The average Bonchev–Trinajstić information content (AvgIpc) is 1.96. The first-order valence-corrected chi connectivity index (χ1v) is 4.83. The maximum Gasteiger partial charge on any atom is 0.134 e. The summed E-state index contributed by atoms with van der Waals surface area (Å²) < 4.78 is 4.65. The Morgan fingerprint density at radius 1 is 1.38 bits per heavy atom. The van der Waals surface area contributed by atoms with Gasteiger partial charge in [0.2, 0.25) is 0 Å². The van der Waals surface area contributed by atoms with E-state index in [-0.39, 0.29) is 11.5 Å². The Bertz CT molecular complexity index is 172. The highest BCUT2D eigenvalue weighted by Gasteiger charge is 2.28. The molecule has 1 unspecified atom stereocenters. The summed E-state index contributed by atoms with van der Waals surface area (Å²) in [4.78, 5) is 0. The van der Waals surface area contributed by atoms with E-state index in [1.165, 1.54) is 0 Å². The molecule has 13 heavy (non-hydrogen) atoms. The predicted molar refractivity (Wildman–Crippen MR) is 57.6 cm³/mol. The fourth-order valence-corrected chi connectivity index (χ4v) is 1.29. The monoisotopic (exact) mass is 205 g/mol. The molecule has 0 aromatic rings. The Hall–Kier alpha value is -0.210. The molecule has 1 N–H and O–H groups in total. The molecule has 0 aliphatic carbocycles. The van der Waals surface area contributed by atoms with Crippen LogP contribution in [0.4, 0.5) is 0 Å². The van der Waals surface area contributed by atoms with Gasteiger partial charge in [0.05, 0.1) is 6.04 Å². The summed E-state index contributed by atoms with van der Waals surface area (Å²) in [6.07, 6.45) is 0. The van der Waals surface area contributed by atoms with Crippen LogP contribution in [-0.4, -0.2) is 12.1 Å². The van der Waals surface area contributed by atoms with Crippen molar-refractivity contribution in [3.8, 4) is 0 Å². The molecule has 0 spiro atoms. The van der Waals surface area contributed by atoms with E-state index in [0.717, 1.165) is 0 Å². The van der Waals surface area contributed by atoms with Gasteiger partial charge in [-0.3, -0.25) is 0 Å². The zero-order valence-electron chi connectivity index (χ0n) is 9.15. The Morgan fingerprint density at radius 3 is 2.08 bits per heavy atom. The van der Waals surface area contributed by atoms with E-state index >= 15 is 0 Å². The second-order valence-corrected chi connectivity index (χ2v) is 4.82. The van der Waals surface area contributed by atoms with Crippen LogP contribution < -0.4 is 5.32 Å². The smallest absolute Gasteiger partial charge is 0.134 e. The maximum absolute atomic E-state index is 5.30. The van der Waals surface area contributed by atoms with Gasteiger partial charge in [-0.1, -0.05) is 41.2 Å². The lowest BCUT2D eigenvalue weighted by Gasteiger charge is -2.32. The molecular weight excluding hydrogens is 186 g/mol. The minimum atomic E-state index is 0.0518. The largest absolute Gasteiger partial charge is 0.389 e. The fourth-order valence-electron chi connectivity index (χ4n) is 1.20. The summed E-state index contributed by atoms with van der Waals surface area (Å²) in [6.45, 7) is 14.3.